The van der Waals surface area contributed by atoms with Gasteiger partial charge in [-0.1, -0.05) is 13.8 Å². The van der Waals surface area contributed by atoms with Crippen molar-refractivity contribution in [3.8, 4) is 0 Å². The zero-order chi connectivity index (χ0) is 14.2. The summed E-state index contributed by atoms with van der Waals surface area (Å²) in [7, 11) is 0. The highest BCUT2D eigenvalue weighted by molar-refractivity contribution is 5.51. The van der Waals surface area contributed by atoms with Crippen LogP contribution in [-0.2, 0) is 14.3 Å². The fourth-order valence-corrected chi connectivity index (χ4v) is 1.55. The van der Waals surface area contributed by atoms with E-state index in [2.05, 4.69) is 18.7 Å². The maximum atomic E-state index is 10.1. The van der Waals surface area contributed by atoms with E-state index in [1.165, 1.54) is 0 Å². The van der Waals surface area contributed by atoms with E-state index in [0.717, 1.165) is 45.4 Å². The first kappa shape index (κ1) is 19.9. The Morgan fingerprint density at radius 1 is 1.00 bits per heavy atom. The van der Waals surface area contributed by atoms with Gasteiger partial charge < -0.3 is 14.3 Å². The van der Waals surface area contributed by atoms with Crippen molar-refractivity contribution in [2.45, 2.75) is 53.8 Å². The number of hydrogen-bond acceptors (Lipinski definition) is 4. The van der Waals surface area contributed by atoms with Crippen LogP contribution in [0.3, 0.4) is 0 Å². The topological polar surface area (TPSA) is 38.8 Å². The van der Waals surface area contributed by atoms with Crippen LogP contribution in [0.4, 0.5) is 0 Å². The molecule has 0 N–H and O–H groups in total. The van der Waals surface area contributed by atoms with Crippen molar-refractivity contribution >= 4 is 6.29 Å². The van der Waals surface area contributed by atoms with Crippen LogP contribution in [0.25, 0.3) is 0 Å². The summed E-state index contributed by atoms with van der Waals surface area (Å²) in [4.78, 5) is 12.3. The zero-order valence-corrected chi connectivity index (χ0v) is 12.8. The lowest BCUT2D eigenvalue weighted by molar-refractivity contribution is -0.123. The summed E-state index contributed by atoms with van der Waals surface area (Å²) in [5, 5.41) is 0. The molecule has 0 fully saturated rings. The highest BCUT2D eigenvalue weighted by atomic mass is 16.7. The van der Waals surface area contributed by atoms with Gasteiger partial charge in [0.1, 0.15) is 6.29 Å². The molecule has 0 aromatic carbocycles. The Labute approximate surface area is 113 Å². The summed E-state index contributed by atoms with van der Waals surface area (Å²) in [6.07, 6.45) is 3.21. The average Bonchev–Trinajstić information content (AvgIpc) is 2.31. The van der Waals surface area contributed by atoms with E-state index in [1.54, 1.807) is 0 Å². The molecule has 0 rings (SSSR count). The monoisotopic (exact) mass is 261 g/mol. The molecule has 0 aliphatic rings. The summed E-state index contributed by atoms with van der Waals surface area (Å²) in [5.74, 6) is 0. The summed E-state index contributed by atoms with van der Waals surface area (Å²) < 4.78 is 10.1. The molecular formula is C14H31NO3. The number of carbonyl (C=O) groups excluding carboxylic acids is 1. The van der Waals surface area contributed by atoms with E-state index >= 15 is 0 Å². The molecule has 0 unspecified atom stereocenters. The number of carbonyl (C=O) groups is 1. The Bertz CT molecular complexity index is 153. The van der Waals surface area contributed by atoms with Gasteiger partial charge in [0.25, 0.3) is 0 Å². The van der Waals surface area contributed by atoms with Gasteiger partial charge >= 0.3 is 0 Å². The molecule has 4 heteroatoms. The van der Waals surface area contributed by atoms with Crippen LogP contribution in [0.5, 0.6) is 0 Å². The second kappa shape index (κ2) is 16.6. The Morgan fingerprint density at radius 2 is 1.44 bits per heavy atom. The van der Waals surface area contributed by atoms with Crippen LogP contribution < -0.4 is 0 Å². The minimum atomic E-state index is -0.0370. The molecule has 0 saturated heterocycles. The van der Waals surface area contributed by atoms with E-state index in [1.807, 2.05) is 20.8 Å². The van der Waals surface area contributed by atoms with Gasteiger partial charge in [-0.15, -0.1) is 0 Å². The second-order valence-corrected chi connectivity index (χ2v) is 3.95. The van der Waals surface area contributed by atoms with Crippen LogP contribution >= 0.6 is 0 Å². The smallest absolute Gasteiger partial charge is 0.154 e. The third-order valence-electron chi connectivity index (χ3n) is 2.22. The number of hydrogen-bond donors (Lipinski definition) is 0. The third-order valence-corrected chi connectivity index (χ3v) is 2.22. The molecular weight excluding hydrogens is 230 g/mol. The highest BCUT2D eigenvalue weighted by Crippen LogP contribution is 1.91. The molecule has 0 heterocycles. The van der Waals surface area contributed by atoms with Gasteiger partial charge in [0.2, 0.25) is 0 Å². The van der Waals surface area contributed by atoms with Crippen molar-refractivity contribution < 1.29 is 14.3 Å². The molecule has 0 saturated carbocycles. The van der Waals surface area contributed by atoms with E-state index in [-0.39, 0.29) is 6.29 Å². The lowest BCUT2D eigenvalue weighted by Crippen LogP contribution is -2.27. The lowest BCUT2D eigenvalue weighted by atomic mass is 10.3. The van der Waals surface area contributed by atoms with Gasteiger partial charge in [0.15, 0.2) is 6.29 Å². The molecule has 0 aliphatic carbocycles. The Kier molecular flexibility index (Phi) is 18.3. The normalized spacial score (nSPS) is 10.4. The van der Waals surface area contributed by atoms with Crippen molar-refractivity contribution in [3.63, 3.8) is 0 Å². The Balaban J connectivity index is 0. The molecule has 0 bridgehead atoms. The fourth-order valence-electron chi connectivity index (χ4n) is 1.55. The largest absolute Gasteiger partial charge is 0.353 e. The first-order valence-electron chi connectivity index (χ1n) is 7.05. The third kappa shape index (κ3) is 15.6. The standard InChI is InChI=1S/C8H17NO.C6H14O2/c1-3-5-9(6-4-2)7-8-10;1-4-7-6(3)8-5-2/h8H,3-7H2,1-2H3;6H,4-5H2,1-3H3. The van der Waals surface area contributed by atoms with Gasteiger partial charge in [-0.25, -0.2) is 0 Å². The number of rotatable bonds is 10. The first-order valence-corrected chi connectivity index (χ1v) is 7.05. The van der Waals surface area contributed by atoms with E-state index in [9.17, 15) is 4.79 Å². The van der Waals surface area contributed by atoms with E-state index in [4.69, 9.17) is 9.47 Å². The molecule has 0 aliphatic heterocycles. The fraction of sp³-hybridized carbons (Fsp3) is 0.929. The maximum Gasteiger partial charge on any atom is 0.154 e. The van der Waals surface area contributed by atoms with Crippen LogP contribution in [0.2, 0.25) is 0 Å². The average molecular weight is 261 g/mol. The van der Waals surface area contributed by atoms with Crippen molar-refractivity contribution in [1.82, 2.24) is 4.90 Å². The molecule has 0 atom stereocenters. The van der Waals surface area contributed by atoms with Gasteiger partial charge in [0.05, 0.1) is 6.54 Å². The predicted molar refractivity (Wildman–Crippen MR) is 75.8 cm³/mol. The van der Waals surface area contributed by atoms with Crippen molar-refractivity contribution in [2.75, 3.05) is 32.8 Å². The number of ether oxygens (including phenoxy) is 2. The highest BCUT2D eigenvalue weighted by Gasteiger charge is 1.98. The van der Waals surface area contributed by atoms with E-state index in [0.29, 0.717) is 6.54 Å². The van der Waals surface area contributed by atoms with Crippen LogP contribution in [0.1, 0.15) is 47.5 Å². The van der Waals surface area contributed by atoms with Gasteiger partial charge in [-0.3, -0.25) is 4.90 Å². The Hall–Kier alpha value is -0.450. The molecule has 0 spiro atoms. The molecule has 0 amide bonds. The van der Waals surface area contributed by atoms with Gasteiger partial charge in [0, 0.05) is 13.2 Å². The Morgan fingerprint density at radius 3 is 1.72 bits per heavy atom. The SMILES string of the molecule is CCCN(CC=O)CCC.CCOC(C)OCC. The summed E-state index contributed by atoms with van der Waals surface area (Å²) >= 11 is 0. The van der Waals surface area contributed by atoms with Crippen molar-refractivity contribution in [2.24, 2.45) is 0 Å². The quantitative estimate of drug-likeness (QED) is 0.448. The predicted octanol–water partition coefficient (Wildman–Crippen LogP) is 2.71. The summed E-state index contributed by atoms with van der Waals surface area (Å²) in [6.45, 7) is 14.2. The summed E-state index contributed by atoms with van der Waals surface area (Å²) in [6, 6.07) is 0. The molecule has 18 heavy (non-hydrogen) atoms. The molecule has 0 radical (unpaired) electrons. The molecule has 0 aromatic rings. The summed E-state index contributed by atoms with van der Waals surface area (Å²) in [5.41, 5.74) is 0. The van der Waals surface area contributed by atoms with Crippen LogP contribution in [0.15, 0.2) is 0 Å². The van der Waals surface area contributed by atoms with Crippen LogP contribution in [-0.4, -0.2) is 50.3 Å². The second-order valence-electron chi connectivity index (χ2n) is 3.95. The number of nitrogens with zero attached hydrogens (tertiary/aromatic N) is 1. The maximum absolute atomic E-state index is 10.1. The van der Waals surface area contributed by atoms with Gasteiger partial charge in [-0.2, -0.15) is 0 Å². The van der Waals surface area contributed by atoms with E-state index < -0.39 is 0 Å². The first-order chi connectivity index (χ1) is 8.65. The minimum Gasteiger partial charge on any atom is -0.353 e. The molecule has 110 valence electrons. The lowest BCUT2D eigenvalue weighted by Gasteiger charge is -2.16. The molecule has 4 nitrogen and oxygen atoms in total. The minimum absolute atomic E-state index is 0.0370. The van der Waals surface area contributed by atoms with Crippen molar-refractivity contribution in [3.05, 3.63) is 0 Å². The van der Waals surface area contributed by atoms with Crippen molar-refractivity contribution in [1.29, 1.82) is 0 Å². The van der Waals surface area contributed by atoms with Gasteiger partial charge in [-0.05, 0) is 46.7 Å². The van der Waals surface area contributed by atoms with Crippen LogP contribution in [0, 0.1) is 0 Å². The molecule has 0 aromatic heterocycles. The zero-order valence-electron chi connectivity index (χ0n) is 12.8. The number of aldehydes is 1.